The average Bonchev–Trinajstić information content (AvgIpc) is 2.77. The number of piperazine rings is 1. The van der Waals surface area contributed by atoms with Crippen molar-refractivity contribution >= 4 is 5.96 Å². The summed E-state index contributed by atoms with van der Waals surface area (Å²) in [7, 11) is 3.91. The van der Waals surface area contributed by atoms with Crippen molar-refractivity contribution in [1.29, 1.82) is 0 Å². The number of methoxy groups -OCH3 is 1. The minimum Gasteiger partial charge on any atom is -0.382 e. The lowest BCUT2D eigenvalue weighted by atomic mass is 10.0. The van der Waals surface area contributed by atoms with Gasteiger partial charge >= 0.3 is 0 Å². The van der Waals surface area contributed by atoms with Gasteiger partial charge < -0.3 is 25.0 Å². The first-order chi connectivity index (χ1) is 14.7. The van der Waals surface area contributed by atoms with E-state index in [1.807, 2.05) is 0 Å². The van der Waals surface area contributed by atoms with Gasteiger partial charge in [-0.2, -0.15) is 0 Å². The fourth-order valence-corrected chi connectivity index (χ4v) is 3.65. The van der Waals surface area contributed by atoms with Crippen LogP contribution in [0.2, 0.25) is 0 Å². The molecule has 0 bridgehead atoms. The van der Waals surface area contributed by atoms with Crippen molar-refractivity contribution in [2.45, 2.75) is 25.8 Å². The van der Waals surface area contributed by atoms with Crippen LogP contribution in [0.15, 0.2) is 35.3 Å². The Morgan fingerprint density at radius 2 is 1.93 bits per heavy atom. The third-order valence-electron chi connectivity index (χ3n) is 5.29. The van der Waals surface area contributed by atoms with Gasteiger partial charge in [0.05, 0.1) is 13.2 Å². The number of hydrogen-bond acceptors (Lipinski definition) is 5. The number of ether oxygens (including phenoxy) is 2. The number of nitrogens with one attached hydrogen (secondary N) is 2. The van der Waals surface area contributed by atoms with E-state index in [1.165, 1.54) is 5.56 Å². The number of guanidine groups is 1. The van der Waals surface area contributed by atoms with E-state index >= 15 is 0 Å². The van der Waals surface area contributed by atoms with E-state index in [9.17, 15) is 0 Å². The van der Waals surface area contributed by atoms with Crippen LogP contribution in [0.1, 0.15) is 31.4 Å². The SMILES string of the molecule is CCNC(=NCCCOCCOC)NCCCN1CCN(C)CC1c1ccccc1. The van der Waals surface area contributed by atoms with E-state index in [0.717, 1.165) is 71.2 Å². The molecule has 1 aliphatic heterocycles. The normalized spacial score (nSPS) is 18.5. The van der Waals surface area contributed by atoms with E-state index in [0.29, 0.717) is 19.3 Å². The number of benzene rings is 1. The van der Waals surface area contributed by atoms with Crippen LogP contribution in [0.25, 0.3) is 0 Å². The van der Waals surface area contributed by atoms with Gasteiger partial charge in [0, 0.05) is 65.6 Å². The van der Waals surface area contributed by atoms with Gasteiger partial charge in [-0.15, -0.1) is 0 Å². The predicted octanol–water partition coefficient (Wildman–Crippen LogP) is 1.97. The second-order valence-electron chi connectivity index (χ2n) is 7.72. The maximum atomic E-state index is 5.49. The highest BCUT2D eigenvalue weighted by atomic mass is 16.5. The minimum atomic E-state index is 0.477. The van der Waals surface area contributed by atoms with Gasteiger partial charge in [0.2, 0.25) is 0 Å². The van der Waals surface area contributed by atoms with Crippen LogP contribution in [0, 0.1) is 0 Å². The molecule has 0 aliphatic carbocycles. The van der Waals surface area contributed by atoms with Gasteiger partial charge in [-0.25, -0.2) is 0 Å². The third-order valence-corrected chi connectivity index (χ3v) is 5.29. The molecule has 1 unspecified atom stereocenters. The van der Waals surface area contributed by atoms with Crippen LogP contribution in [0.3, 0.4) is 0 Å². The molecule has 1 saturated heterocycles. The second-order valence-corrected chi connectivity index (χ2v) is 7.72. The molecule has 1 heterocycles. The maximum absolute atomic E-state index is 5.49. The van der Waals surface area contributed by atoms with Crippen molar-refractivity contribution in [2.24, 2.45) is 4.99 Å². The molecule has 170 valence electrons. The van der Waals surface area contributed by atoms with Crippen molar-refractivity contribution in [3.8, 4) is 0 Å². The van der Waals surface area contributed by atoms with Crippen molar-refractivity contribution in [1.82, 2.24) is 20.4 Å². The molecule has 0 aromatic heterocycles. The molecule has 1 aromatic rings. The smallest absolute Gasteiger partial charge is 0.191 e. The van der Waals surface area contributed by atoms with Gasteiger partial charge in [0.1, 0.15) is 0 Å². The molecule has 0 spiro atoms. The fourth-order valence-electron chi connectivity index (χ4n) is 3.65. The Kier molecular flexibility index (Phi) is 12.4. The Bertz CT molecular complexity index is 584. The lowest BCUT2D eigenvalue weighted by Crippen LogP contribution is -2.47. The highest BCUT2D eigenvalue weighted by Gasteiger charge is 2.25. The highest BCUT2D eigenvalue weighted by Crippen LogP contribution is 2.24. The first kappa shape index (κ1) is 24.6. The predicted molar refractivity (Wildman–Crippen MR) is 124 cm³/mol. The molecular formula is C23H41N5O2. The summed E-state index contributed by atoms with van der Waals surface area (Å²) in [6.45, 7) is 11.1. The van der Waals surface area contributed by atoms with Gasteiger partial charge in [0.25, 0.3) is 0 Å². The lowest BCUT2D eigenvalue weighted by Gasteiger charge is -2.40. The molecule has 2 N–H and O–H groups in total. The Morgan fingerprint density at radius 3 is 2.70 bits per heavy atom. The molecule has 0 saturated carbocycles. The van der Waals surface area contributed by atoms with Crippen LogP contribution >= 0.6 is 0 Å². The van der Waals surface area contributed by atoms with Crippen LogP contribution in [0.4, 0.5) is 0 Å². The zero-order chi connectivity index (χ0) is 21.4. The zero-order valence-corrected chi connectivity index (χ0v) is 19.1. The second kappa shape index (κ2) is 15.2. The van der Waals surface area contributed by atoms with Crippen LogP contribution in [-0.4, -0.2) is 95.6 Å². The van der Waals surface area contributed by atoms with Gasteiger partial charge in [-0.1, -0.05) is 30.3 Å². The fraction of sp³-hybridized carbons (Fsp3) is 0.696. The summed E-state index contributed by atoms with van der Waals surface area (Å²) in [5.41, 5.74) is 1.42. The minimum absolute atomic E-state index is 0.477. The summed E-state index contributed by atoms with van der Waals surface area (Å²) in [6.07, 6.45) is 2.01. The molecule has 1 aromatic carbocycles. The summed E-state index contributed by atoms with van der Waals surface area (Å²) in [5.74, 6) is 0.896. The van der Waals surface area contributed by atoms with Gasteiger partial charge in [-0.3, -0.25) is 9.89 Å². The Hall–Kier alpha value is -1.67. The van der Waals surface area contributed by atoms with E-state index < -0.39 is 0 Å². The van der Waals surface area contributed by atoms with Crippen molar-refractivity contribution in [2.75, 3.05) is 79.8 Å². The van der Waals surface area contributed by atoms with Crippen LogP contribution < -0.4 is 10.6 Å². The monoisotopic (exact) mass is 419 g/mol. The molecule has 1 aliphatic rings. The summed E-state index contributed by atoms with van der Waals surface area (Å²) in [5, 5.41) is 6.81. The van der Waals surface area contributed by atoms with Crippen LogP contribution in [-0.2, 0) is 9.47 Å². The number of nitrogens with zero attached hydrogens (tertiary/aromatic N) is 3. The van der Waals surface area contributed by atoms with Crippen molar-refractivity contribution < 1.29 is 9.47 Å². The Labute approximate surface area is 182 Å². The standard InChI is InChI=1S/C23H41N5O2/c1-4-24-23(26-13-9-17-30-19-18-29-3)25-12-8-14-28-16-15-27(2)20-22(28)21-10-6-5-7-11-21/h5-7,10-11,22H,4,8-9,12-20H2,1-3H3,(H2,24,25,26). The Morgan fingerprint density at radius 1 is 1.10 bits per heavy atom. The zero-order valence-electron chi connectivity index (χ0n) is 19.1. The van der Waals surface area contributed by atoms with Crippen molar-refractivity contribution in [3.63, 3.8) is 0 Å². The number of aliphatic imine (C=N–C) groups is 1. The molecule has 0 amide bonds. The number of likely N-dealkylation sites (N-methyl/N-ethyl adjacent to an activating group) is 1. The Balaban J connectivity index is 1.71. The molecule has 7 nitrogen and oxygen atoms in total. The third kappa shape index (κ3) is 9.43. The van der Waals surface area contributed by atoms with Crippen LogP contribution in [0.5, 0.6) is 0 Å². The molecule has 1 fully saturated rings. The lowest BCUT2D eigenvalue weighted by molar-refractivity contribution is 0.0702. The van der Waals surface area contributed by atoms with E-state index in [-0.39, 0.29) is 0 Å². The first-order valence-corrected chi connectivity index (χ1v) is 11.3. The van der Waals surface area contributed by atoms with Gasteiger partial charge in [-0.05, 0) is 32.4 Å². The van der Waals surface area contributed by atoms with Gasteiger partial charge in [0.15, 0.2) is 5.96 Å². The largest absolute Gasteiger partial charge is 0.382 e. The summed E-state index contributed by atoms with van der Waals surface area (Å²) >= 11 is 0. The summed E-state index contributed by atoms with van der Waals surface area (Å²) in [6, 6.07) is 11.4. The summed E-state index contributed by atoms with van der Waals surface area (Å²) < 4.78 is 10.5. The number of hydrogen-bond donors (Lipinski definition) is 2. The topological polar surface area (TPSA) is 61.4 Å². The molecule has 7 heteroatoms. The quantitative estimate of drug-likeness (QED) is 0.290. The molecular weight excluding hydrogens is 378 g/mol. The average molecular weight is 420 g/mol. The summed E-state index contributed by atoms with van der Waals surface area (Å²) in [4.78, 5) is 9.71. The first-order valence-electron chi connectivity index (χ1n) is 11.3. The maximum Gasteiger partial charge on any atom is 0.191 e. The van der Waals surface area contributed by atoms with Crippen molar-refractivity contribution in [3.05, 3.63) is 35.9 Å². The number of rotatable bonds is 13. The molecule has 0 radical (unpaired) electrons. The molecule has 1 atom stereocenters. The van der Waals surface area contributed by atoms with E-state index in [1.54, 1.807) is 7.11 Å². The highest BCUT2D eigenvalue weighted by molar-refractivity contribution is 5.79. The van der Waals surface area contributed by atoms with E-state index in [2.05, 4.69) is 69.7 Å². The molecule has 30 heavy (non-hydrogen) atoms. The van der Waals surface area contributed by atoms with E-state index in [4.69, 9.17) is 9.47 Å². The molecule has 2 rings (SSSR count).